The number of hydrogen-bond acceptors (Lipinski definition) is 7. The molecule has 0 spiro atoms. The Morgan fingerprint density at radius 3 is 2.76 bits per heavy atom. The van der Waals surface area contributed by atoms with E-state index in [9.17, 15) is 0 Å². The summed E-state index contributed by atoms with van der Waals surface area (Å²) in [6.07, 6.45) is 1.05. The molecule has 3 aromatic rings. The summed E-state index contributed by atoms with van der Waals surface area (Å²) < 4.78 is 7.39. The first-order valence-electron chi connectivity index (χ1n) is 7.99. The van der Waals surface area contributed by atoms with Gasteiger partial charge >= 0.3 is 0 Å². The molecule has 1 fully saturated rings. The zero-order valence-corrected chi connectivity index (χ0v) is 15.0. The van der Waals surface area contributed by atoms with Crippen molar-refractivity contribution in [2.24, 2.45) is 7.05 Å². The van der Waals surface area contributed by atoms with E-state index in [-0.39, 0.29) is 11.3 Å². The van der Waals surface area contributed by atoms with Gasteiger partial charge in [-0.1, -0.05) is 0 Å². The minimum absolute atomic E-state index is 0.188. The maximum Gasteiger partial charge on any atom is 0.148 e. The second-order valence-electron chi connectivity index (χ2n) is 6.31. The second kappa shape index (κ2) is 5.69. The van der Waals surface area contributed by atoms with Gasteiger partial charge in [0, 0.05) is 18.9 Å². The summed E-state index contributed by atoms with van der Waals surface area (Å²) in [5, 5.41) is 25.7. The van der Waals surface area contributed by atoms with E-state index in [1.54, 1.807) is 19.1 Å². The van der Waals surface area contributed by atoms with Crippen LogP contribution in [0.1, 0.15) is 41.7 Å². The number of nitrogens with zero attached hydrogens (tertiary/aromatic N) is 6. The van der Waals surface area contributed by atoms with Crippen molar-refractivity contribution < 1.29 is 0 Å². The first-order valence-corrected chi connectivity index (χ1v) is 8.76. The number of aromatic nitrogens is 6. The van der Waals surface area contributed by atoms with Crippen LogP contribution in [-0.4, -0.2) is 34.8 Å². The van der Waals surface area contributed by atoms with Gasteiger partial charge < -0.3 is 0 Å². The predicted molar refractivity (Wildman–Crippen MR) is 93.8 cm³/mol. The van der Waals surface area contributed by atoms with Gasteiger partial charge in [0.2, 0.25) is 0 Å². The lowest BCUT2D eigenvalue weighted by molar-refractivity contribution is 0.737. The summed E-state index contributed by atoms with van der Waals surface area (Å²) >= 11 is 1.48. The van der Waals surface area contributed by atoms with Gasteiger partial charge in [0.1, 0.15) is 27.8 Å². The highest BCUT2D eigenvalue weighted by Crippen LogP contribution is 2.54. The van der Waals surface area contributed by atoms with Gasteiger partial charge in [0.05, 0.1) is 11.4 Å². The minimum Gasteiger partial charge on any atom is -0.287 e. The van der Waals surface area contributed by atoms with Gasteiger partial charge in [-0.3, -0.25) is 15.5 Å². The summed E-state index contributed by atoms with van der Waals surface area (Å²) in [5.41, 5.74) is 2.80. The van der Waals surface area contributed by atoms with Crippen LogP contribution in [-0.2, 0) is 7.05 Å². The monoisotopic (exact) mass is 354 g/mol. The molecule has 0 amide bonds. The molecule has 2 unspecified atom stereocenters. The molecular weight excluding hydrogens is 336 g/mol. The molecule has 128 valence electrons. The quantitative estimate of drug-likeness (QED) is 0.554. The van der Waals surface area contributed by atoms with E-state index in [1.165, 1.54) is 16.2 Å². The Bertz CT molecular complexity index is 1030. The molecule has 0 aliphatic heterocycles. The molecular formula is C16H18N8S. The van der Waals surface area contributed by atoms with Crippen LogP contribution in [0.4, 0.5) is 0 Å². The highest BCUT2D eigenvalue weighted by molar-refractivity contribution is 7.05. The van der Waals surface area contributed by atoms with Gasteiger partial charge in [0.15, 0.2) is 0 Å². The molecule has 8 nitrogen and oxygen atoms in total. The van der Waals surface area contributed by atoms with Crippen molar-refractivity contribution in [2.45, 2.75) is 32.1 Å². The Kier molecular flexibility index (Phi) is 3.60. The van der Waals surface area contributed by atoms with E-state index >= 15 is 0 Å². The van der Waals surface area contributed by atoms with Gasteiger partial charge in [-0.15, -0.1) is 0 Å². The maximum absolute atomic E-state index is 7.85. The van der Waals surface area contributed by atoms with Crippen molar-refractivity contribution in [1.82, 2.24) is 28.9 Å². The van der Waals surface area contributed by atoms with E-state index in [4.69, 9.17) is 10.8 Å². The molecule has 0 saturated heterocycles. The average molecular weight is 354 g/mol. The first-order chi connectivity index (χ1) is 11.9. The molecule has 0 radical (unpaired) electrons. The smallest absolute Gasteiger partial charge is 0.148 e. The number of aryl methyl sites for hydroxylation is 2. The molecule has 1 aliphatic carbocycles. The highest BCUT2D eigenvalue weighted by Gasteiger charge is 2.43. The predicted octanol–water partition coefficient (Wildman–Crippen LogP) is 2.04. The molecule has 2 atom stereocenters. The Morgan fingerprint density at radius 2 is 2.08 bits per heavy atom. The Hall–Kier alpha value is -2.68. The summed E-state index contributed by atoms with van der Waals surface area (Å²) in [6, 6.07) is 5.49. The average Bonchev–Trinajstić information content (AvgIpc) is 3.10. The van der Waals surface area contributed by atoms with Crippen LogP contribution in [0.2, 0.25) is 0 Å². The molecule has 0 bridgehead atoms. The van der Waals surface area contributed by atoms with E-state index in [0.29, 0.717) is 17.5 Å². The van der Waals surface area contributed by atoms with Crippen LogP contribution in [0, 0.1) is 17.7 Å². The van der Waals surface area contributed by atoms with Crippen molar-refractivity contribution in [3.63, 3.8) is 0 Å². The van der Waals surface area contributed by atoms with Gasteiger partial charge in [-0.25, -0.2) is 9.67 Å². The molecule has 1 saturated carbocycles. The number of nitrogens with one attached hydrogen (secondary N) is 2. The van der Waals surface area contributed by atoms with Crippen LogP contribution < -0.4 is 5.49 Å². The molecule has 3 heterocycles. The topological polar surface area (TPSA) is 109 Å². The second-order valence-corrected chi connectivity index (χ2v) is 7.09. The normalized spacial score (nSPS) is 19.2. The molecule has 3 aromatic heterocycles. The Balaban J connectivity index is 1.65. The van der Waals surface area contributed by atoms with E-state index in [2.05, 4.69) is 19.6 Å². The van der Waals surface area contributed by atoms with Crippen LogP contribution in [0.25, 0.3) is 11.4 Å². The van der Waals surface area contributed by atoms with Crippen LogP contribution >= 0.6 is 11.5 Å². The largest absolute Gasteiger partial charge is 0.287 e. The van der Waals surface area contributed by atoms with Crippen LogP contribution in [0.5, 0.6) is 0 Å². The molecule has 1 aliphatic rings. The third-order valence-electron chi connectivity index (χ3n) is 4.34. The SMILES string of the molecule is CC(=N)n1nc(-c2cc(C3CC3c3nc(C)ns3)nn2C)ccc1=N. The zero-order valence-electron chi connectivity index (χ0n) is 14.2. The van der Waals surface area contributed by atoms with Crippen molar-refractivity contribution in [3.8, 4) is 11.4 Å². The summed E-state index contributed by atoms with van der Waals surface area (Å²) in [4.78, 5) is 4.49. The zero-order chi connectivity index (χ0) is 17.7. The Morgan fingerprint density at radius 1 is 1.28 bits per heavy atom. The molecule has 9 heteroatoms. The fourth-order valence-electron chi connectivity index (χ4n) is 2.98. The lowest BCUT2D eigenvalue weighted by atomic mass is 10.2. The fraction of sp³-hybridized carbons (Fsp3) is 0.375. The molecule has 0 aromatic carbocycles. The van der Waals surface area contributed by atoms with E-state index in [0.717, 1.165) is 28.6 Å². The van der Waals surface area contributed by atoms with Crippen LogP contribution in [0.3, 0.4) is 0 Å². The molecule has 4 rings (SSSR count). The summed E-state index contributed by atoms with van der Waals surface area (Å²) in [7, 11) is 1.89. The standard InChI is InChI=1S/C16H18N8S/c1-8(17)24-15(18)5-4-12(21-24)14-7-13(20-23(14)3)10-6-11(10)16-19-9(2)22-25-16/h4-5,7,10-11,17-18H,6H2,1-3H3. The fourth-order valence-corrected chi connectivity index (χ4v) is 3.82. The maximum atomic E-state index is 7.85. The first kappa shape index (κ1) is 15.8. The highest BCUT2D eigenvalue weighted by atomic mass is 32.1. The molecule has 25 heavy (non-hydrogen) atoms. The minimum atomic E-state index is 0.188. The van der Waals surface area contributed by atoms with Crippen LogP contribution in [0.15, 0.2) is 18.2 Å². The van der Waals surface area contributed by atoms with Crippen molar-refractivity contribution >= 4 is 17.4 Å². The third-order valence-corrected chi connectivity index (χ3v) is 5.28. The van der Waals surface area contributed by atoms with Crippen molar-refractivity contribution in [2.75, 3.05) is 0 Å². The van der Waals surface area contributed by atoms with E-state index < -0.39 is 0 Å². The van der Waals surface area contributed by atoms with E-state index in [1.807, 2.05) is 24.7 Å². The third kappa shape index (κ3) is 2.80. The van der Waals surface area contributed by atoms with Gasteiger partial charge in [-0.05, 0) is 50.0 Å². The lowest BCUT2D eigenvalue weighted by Gasteiger charge is -2.06. The summed E-state index contributed by atoms with van der Waals surface area (Å²) in [5.74, 6) is 1.83. The van der Waals surface area contributed by atoms with Gasteiger partial charge in [-0.2, -0.15) is 14.6 Å². The van der Waals surface area contributed by atoms with Gasteiger partial charge in [0.25, 0.3) is 0 Å². The Labute approximate surface area is 148 Å². The molecule has 2 N–H and O–H groups in total. The van der Waals surface area contributed by atoms with Crippen molar-refractivity contribution in [3.05, 3.63) is 40.2 Å². The number of hydrogen-bond donors (Lipinski definition) is 2. The lowest BCUT2D eigenvalue weighted by Crippen LogP contribution is -2.27. The number of rotatable bonds is 3. The summed E-state index contributed by atoms with van der Waals surface area (Å²) in [6.45, 7) is 3.53. The van der Waals surface area contributed by atoms with Crippen molar-refractivity contribution in [1.29, 1.82) is 10.8 Å².